The van der Waals surface area contributed by atoms with E-state index in [-0.39, 0.29) is 5.75 Å². The maximum absolute atomic E-state index is 13.1. The molecule has 3 heteroatoms. The molecule has 0 spiro atoms. The Hall–Kier alpha value is -1.38. The van der Waals surface area contributed by atoms with Crippen molar-refractivity contribution in [1.29, 1.82) is 0 Å². The van der Waals surface area contributed by atoms with Crippen molar-refractivity contribution < 1.29 is 13.9 Å². The quantitative estimate of drug-likeness (QED) is 0.518. The first kappa shape index (κ1) is 9.71. The van der Waals surface area contributed by atoms with E-state index in [4.69, 9.17) is 4.74 Å². The molecule has 1 aromatic rings. The van der Waals surface area contributed by atoms with Crippen LogP contribution in [0.5, 0.6) is 5.75 Å². The number of para-hydroxylation sites is 1. The summed E-state index contributed by atoms with van der Waals surface area (Å²) in [4.78, 5) is 10.6. The molecule has 0 aliphatic heterocycles. The average Bonchev–Trinajstić information content (AvgIpc) is 2.08. The number of carbonyl (C=O) groups is 1. The number of hydrogen-bond acceptors (Lipinski definition) is 2. The Morgan fingerprint density at radius 1 is 1.54 bits per heavy atom. The van der Waals surface area contributed by atoms with Crippen molar-refractivity contribution in [3.63, 3.8) is 0 Å². The minimum absolute atomic E-state index is 0.0532. The molecule has 0 saturated carbocycles. The number of carbonyl (C=O) groups excluding carboxylic acids is 1. The molecule has 0 aromatic heterocycles. The third-order valence-corrected chi connectivity index (χ3v) is 1.68. The highest BCUT2D eigenvalue weighted by Gasteiger charge is 2.09. The molecule has 0 N–H and O–H groups in total. The van der Waals surface area contributed by atoms with Crippen LogP contribution in [0.25, 0.3) is 0 Å². The van der Waals surface area contributed by atoms with E-state index in [0.717, 1.165) is 0 Å². The van der Waals surface area contributed by atoms with Crippen molar-refractivity contribution in [2.45, 2.75) is 20.3 Å². The van der Waals surface area contributed by atoms with E-state index < -0.39 is 11.8 Å². The predicted molar refractivity (Wildman–Crippen MR) is 47.1 cm³/mol. The molecule has 0 heterocycles. The second-order valence-electron chi connectivity index (χ2n) is 2.68. The lowest BCUT2D eigenvalue weighted by atomic mass is 10.1. The molecule has 0 fully saturated rings. The Kier molecular flexibility index (Phi) is 3.01. The lowest BCUT2D eigenvalue weighted by Gasteiger charge is -2.07. The van der Waals surface area contributed by atoms with Crippen LogP contribution in [0.1, 0.15) is 19.4 Å². The molecule has 0 atom stereocenters. The van der Waals surface area contributed by atoms with Crippen LogP contribution in [0.4, 0.5) is 4.39 Å². The standard InChI is InChI=1S/C10H11FO2/c1-3-8-5-4-6-9(11)10(8)13-7(2)12/h4-6H,3H2,1-2H3. The smallest absolute Gasteiger partial charge is 0.308 e. The number of esters is 1. The van der Waals surface area contributed by atoms with E-state index >= 15 is 0 Å². The molecule has 13 heavy (non-hydrogen) atoms. The van der Waals surface area contributed by atoms with Gasteiger partial charge in [-0.1, -0.05) is 19.1 Å². The summed E-state index contributed by atoms with van der Waals surface area (Å²) >= 11 is 0. The van der Waals surface area contributed by atoms with Gasteiger partial charge in [0.2, 0.25) is 0 Å². The Balaban J connectivity index is 3.07. The zero-order chi connectivity index (χ0) is 9.84. The van der Waals surface area contributed by atoms with Crippen molar-refractivity contribution >= 4 is 5.97 Å². The van der Waals surface area contributed by atoms with E-state index in [1.54, 1.807) is 12.1 Å². The van der Waals surface area contributed by atoms with E-state index in [9.17, 15) is 9.18 Å². The van der Waals surface area contributed by atoms with Crippen molar-refractivity contribution in [2.75, 3.05) is 0 Å². The summed E-state index contributed by atoms with van der Waals surface area (Å²) in [6.07, 6.45) is 0.639. The first-order valence-corrected chi connectivity index (χ1v) is 4.11. The molecular weight excluding hydrogens is 171 g/mol. The van der Waals surface area contributed by atoms with Gasteiger partial charge in [0.1, 0.15) is 0 Å². The third kappa shape index (κ3) is 2.28. The van der Waals surface area contributed by atoms with Gasteiger partial charge in [-0.2, -0.15) is 0 Å². The molecular formula is C10H11FO2. The van der Waals surface area contributed by atoms with Gasteiger partial charge in [-0.05, 0) is 18.1 Å². The van der Waals surface area contributed by atoms with E-state index in [1.165, 1.54) is 13.0 Å². The number of benzene rings is 1. The summed E-state index contributed by atoms with van der Waals surface area (Å²) in [5.74, 6) is -0.938. The molecule has 1 aromatic carbocycles. The van der Waals surface area contributed by atoms with Gasteiger partial charge in [-0.3, -0.25) is 4.79 Å². The third-order valence-electron chi connectivity index (χ3n) is 1.68. The molecule has 0 aliphatic carbocycles. The van der Waals surface area contributed by atoms with Gasteiger partial charge < -0.3 is 4.74 Å². The first-order valence-electron chi connectivity index (χ1n) is 4.11. The molecule has 0 saturated heterocycles. The highest BCUT2D eigenvalue weighted by molar-refractivity contribution is 5.69. The SMILES string of the molecule is CCc1cccc(F)c1OC(C)=O. The lowest BCUT2D eigenvalue weighted by molar-refractivity contribution is -0.132. The summed E-state index contributed by atoms with van der Waals surface area (Å²) < 4.78 is 17.9. The largest absolute Gasteiger partial charge is 0.423 e. The number of rotatable bonds is 2. The van der Waals surface area contributed by atoms with Gasteiger partial charge in [0.05, 0.1) is 0 Å². The van der Waals surface area contributed by atoms with Crippen molar-refractivity contribution in [3.05, 3.63) is 29.6 Å². The van der Waals surface area contributed by atoms with Crippen LogP contribution in [-0.2, 0) is 11.2 Å². The molecule has 2 nitrogen and oxygen atoms in total. The number of ether oxygens (including phenoxy) is 1. The average molecular weight is 182 g/mol. The van der Waals surface area contributed by atoms with Crippen LogP contribution < -0.4 is 4.74 Å². The topological polar surface area (TPSA) is 26.3 Å². The fourth-order valence-corrected chi connectivity index (χ4v) is 1.09. The first-order chi connectivity index (χ1) is 6.15. The van der Waals surface area contributed by atoms with Crippen LogP contribution in [-0.4, -0.2) is 5.97 Å². The summed E-state index contributed by atoms with van der Waals surface area (Å²) in [5.41, 5.74) is 0.704. The maximum Gasteiger partial charge on any atom is 0.308 e. The zero-order valence-corrected chi connectivity index (χ0v) is 7.63. The lowest BCUT2D eigenvalue weighted by Crippen LogP contribution is -2.05. The van der Waals surface area contributed by atoms with Gasteiger partial charge in [0, 0.05) is 6.92 Å². The molecule has 0 aliphatic rings. The summed E-state index contributed by atoms with van der Waals surface area (Å²) in [5, 5.41) is 0. The fraction of sp³-hybridized carbons (Fsp3) is 0.300. The highest BCUT2D eigenvalue weighted by atomic mass is 19.1. The summed E-state index contributed by atoms with van der Waals surface area (Å²) in [6.45, 7) is 3.13. The fourth-order valence-electron chi connectivity index (χ4n) is 1.09. The molecule has 0 unspecified atom stereocenters. The van der Waals surface area contributed by atoms with Gasteiger partial charge >= 0.3 is 5.97 Å². The van der Waals surface area contributed by atoms with Crippen LogP contribution >= 0.6 is 0 Å². The molecule has 70 valence electrons. The maximum atomic E-state index is 13.1. The number of halogens is 1. The van der Waals surface area contributed by atoms with Crippen LogP contribution in [0.2, 0.25) is 0 Å². The monoisotopic (exact) mass is 182 g/mol. The summed E-state index contributed by atoms with van der Waals surface area (Å²) in [7, 11) is 0. The van der Waals surface area contributed by atoms with E-state index in [2.05, 4.69) is 0 Å². The van der Waals surface area contributed by atoms with Crippen molar-refractivity contribution in [2.24, 2.45) is 0 Å². The van der Waals surface area contributed by atoms with Gasteiger partial charge in [-0.15, -0.1) is 0 Å². The van der Waals surface area contributed by atoms with Crippen LogP contribution in [0, 0.1) is 5.82 Å². The second kappa shape index (κ2) is 4.03. The molecule has 0 bridgehead atoms. The second-order valence-corrected chi connectivity index (χ2v) is 2.68. The predicted octanol–water partition coefficient (Wildman–Crippen LogP) is 2.31. The summed E-state index contributed by atoms with van der Waals surface area (Å²) in [6, 6.07) is 4.61. The molecule has 1 rings (SSSR count). The number of hydrogen-bond donors (Lipinski definition) is 0. The Bertz CT molecular complexity index is 321. The Labute approximate surface area is 76.3 Å². The van der Waals surface area contributed by atoms with Crippen molar-refractivity contribution in [3.8, 4) is 5.75 Å². The normalized spacial score (nSPS) is 9.77. The minimum atomic E-state index is -0.500. The molecule has 0 amide bonds. The molecule has 0 radical (unpaired) electrons. The van der Waals surface area contributed by atoms with E-state index in [1.807, 2.05) is 6.92 Å². The zero-order valence-electron chi connectivity index (χ0n) is 7.63. The van der Waals surface area contributed by atoms with Gasteiger partial charge in [-0.25, -0.2) is 4.39 Å². The minimum Gasteiger partial charge on any atom is -0.423 e. The Morgan fingerprint density at radius 2 is 2.23 bits per heavy atom. The van der Waals surface area contributed by atoms with Crippen molar-refractivity contribution in [1.82, 2.24) is 0 Å². The number of aryl methyl sites for hydroxylation is 1. The van der Waals surface area contributed by atoms with Crippen LogP contribution in [0.15, 0.2) is 18.2 Å². The van der Waals surface area contributed by atoms with Gasteiger partial charge in [0.15, 0.2) is 11.6 Å². The Morgan fingerprint density at radius 3 is 2.77 bits per heavy atom. The highest BCUT2D eigenvalue weighted by Crippen LogP contribution is 2.22. The van der Waals surface area contributed by atoms with Crippen LogP contribution in [0.3, 0.4) is 0 Å². The van der Waals surface area contributed by atoms with Gasteiger partial charge in [0.25, 0.3) is 0 Å². The van der Waals surface area contributed by atoms with E-state index in [0.29, 0.717) is 12.0 Å².